The van der Waals surface area contributed by atoms with Crippen molar-refractivity contribution in [1.82, 2.24) is 0 Å². The van der Waals surface area contributed by atoms with E-state index in [9.17, 15) is 0 Å². The molecule has 0 aromatic carbocycles. The Kier molecular flexibility index (Phi) is 23.3. The van der Waals surface area contributed by atoms with Crippen LogP contribution in [0.4, 0.5) is 0 Å². The lowest BCUT2D eigenvalue weighted by Crippen LogP contribution is -1.87. The average Bonchev–Trinajstić information content (AvgIpc) is 3.57. The fourth-order valence-electron chi connectivity index (χ4n) is 5.99. The van der Waals surface area contributed by atoms with Gasteiger partial charge in [-0.05, 0) is 24.2 Å². The van der Waals surface area contributed by atoms with E-state index < -0.39 is 0 Å². The van der Waals surface area contributed by atoms with Gasteiger partial charge in [0.25, 0.3) is 0 Å². The summed E-state index contributed by atoms with van der Waals surface area (Å²) in [4.78, 5) is 0. The molecular formula is C34H68. The molecule has 0 spiro atoms. The Morgan fingerprint density at radius 2 is 0.706 bits per heavy atom. The monoisotopic (exact) mass is 477 g/mol. The summed E-state index contributed by atoms with van der Waals surface area (Å²) in [6.07, 6.45) is 41.8. The standard InChI is InChI=1S/C34H68/c1-4-5-6-7-23-26-29-33-31-34(33)30-27-24-21-19-17-15-13-11-9-8-10-12-14-16-18-20-22-25-28-32(2)3/h32-34H,4-31H2,1-3H3/t33-,34+/m1/s1. The summed E-state index contributed by atoms with van der Waals surface area (Å²) in [5, 5.41) is 0. The molecule has 0 aliphatic heterocycles. The van der Waals surface area contributed by atoms with Crippen LogP contribution >= 0.6 is 0 Å². The third kappa shape index (κ3) is 22.5. The Morgan fingerprint density at radius 1 is 0.412 bits per heavy atom. The Labute approximate surface area is 218 Å². The van der Waals surface area contributed by atoms with E-state index in [2.05, 4.69) is 20.8 Å². The molecule has 0 heteroatoms. The van der Waals surface area contributed by atoms with Crippen molar-refractivity contribution < 1.29 is 0 Å². The normalized spacial score (nSPS) is 17.6. The molecule has 0 aromatic heterocycles. The molecule has 1 saturated carbocycles. The van der Waals surface area contributed by atoms with Gasteiger partial charge in [0, 0.05) is 0 Å². The molecule has 0 nitrogen and oxygen atoms in total. The van der Waals surface area contributed by atoms with E-state index in [0.29, 0.717) is 0 Å². The van der Waals surface area contributed by atoms with Gasteiger partial charge in [-0.1, -0.05) is 194 Å². The van der Waals surface area contributed by atoms with Gasteiger partial charge in [-0.15, -0.1) is 0 Å². The molecule has 0 amide bonds. The minimum atomic E-state index is 0.898. The van der Waals surface area contributed by atoms with Crippen LogP contribution in [0.15, 0.2) is 0 Å². The van der Waals surface area contributed by atoms with Crippen LogP contribution in [0, 0.1) is 17.8 Å². The third-order valence-electron chi connectivity index (χ3n) is 8.60. The molecule has 1 aliphatic rings. The predicted molar refractivity (Wildman–Crippen MR) is 157 cm³/mol. The maximum atomic E-state index is 2.35. The Morgan fingerprint density at radius 3 is 1.03 bits per heavy atom. The zero-order valence-electron chi connectivity index (χ0n) is 24.5. The second-order valence-corrected chi connectivity index (χ2v) is 12.6. The first-order chi connectivity index (χ1) is 16.7. The zero-order chi connectivity index (χ0) is 24.5. The van der Waals surface area contributed by atoms with Gasteiger partial charge in [0.15, 0.2) is 0 Å². The maximum absolute atomic E-state index is 2.35. The van der Waals surface area contributed by atoms with Crippen LogP contribution < -0.4 is 0 Å². The van der Waals surface area contributed by atoms with Gasteiger partial charge in [0.1, 0.15) is 0 Å². The summed E-state index contributed by atoms with van der Waals surface area (Å²) < 4.78 is 0. The summed E-state index contributed by atoms with van der Waals surface area (Å²) >= 11 is 0. The highest BCUT2D eigenvalue weighted by Gasteiger charge is 2.34. The van der Waals surface area contributed by atoms with Gasteiger partial charge in [0.2, 0.25) is 0 Å². The molecule has 34 heavy (non-hydrogen) atoms. The minimum absolute atomic E-state index is 0.898. The molecule has 204 valence electrons. The predicted octanol–water partition coefficient (Wildman–Crippen LogP) is 12.8. The van der Waals surface area contributed by atoms with Crippen molar-refractivity contribution in [2.75, 3.05) is 0 Å². The SMILES string of the molecule is CCCCCCCC[C@@H]1C[C@@H]1CCCCCCCCCCCCCCCCCCCCC(C)C. The molecule has 0 radical (unpaired) electrons. The lowest BCUT2D eigenvalue weighted by molar-refractivity contribution is 0.499. The molecule has 0 saturated heterocycles. The fourth-order valence-corrected chi connectivity index (χ4v) is 5.99. The summed E-state index contributed by atoms with van der Waals surface area (Å²) in [5.74, 6) is 3.17. The molecule has 0 N–H and O–H groups in total. The van der Waals surface area contributed by atoms with Crippen molar-refractivity contribution in [3.63, 3.8) is 0 Å². The van der Waals surface area contributed by atoms with Crippen molar-refractivity contribution in [2.24, 2.45) is 17.8 Å². The molecule has 2 atom stereocenters. The van der Waals surface area contributed by atoms with E-state index >= 15 is 0 Å². The van der Waals surface area contributed by atoms with Gasteiger partial charge in [-0.3, -0.25) is 0 Å². The van der Waals surface area contributed by atoms with Crippen molar-refractivity contribution in [2.45, 2.75) is 201 Å². The van der Waals surface area contributed by atoms with Crippen LogP contribution in [0.5, 0.6) is 0 Å². The van der Waals surface area contributed by atoms with E-state index in [1.807, 2.05) is 0 Å². The Hall–Kier alpha value is 0. The topological polar surface area (TPSA) is 0 Å². The van der Waals surface area contributed by atoms with Gasteiger partial charge in [-0.25, -0.2) is 0 Å². The zero-order valence-corrected chi connectivity index (χ0v) is 24.5. The summed E-state index contributed by atoms with van der Waals surface area (Å²) in [7, 11) is 0. The van der Waals surface area contributed by atoms with Gasteiger partial charge < -0.3 is 0 Å². The van der Waals surface area contributed by atoms with Gasteiger partial charge in [-0.2, -0.15) is 0 Å². The molecule has 0 unspecified atom stereocenters. The quantitative estimate of drug-likeness (QED) is 0.0984. The van der Waals surface area contributed by atoms with E-state index in [-0.39, 0.29) is 0 Å². The first-order valence-corrected chi connectivity index (χ1v) is 16.7. The largest absolute Gasteiger partial charge is 0.0654 e. The maximum Gasteiger partial charge on any atom is -0.0383 e. The van der Waals surface area contributed by atoms with Crippen LogP contribution in [0.25, 0.3) is 0 Å². The first-order valence-electron chi connectivity index (χ1n) is 16.7. The van der Waals surface area contributed by atoms with Crippen LogP contribution in [0.2, 0.25) is 0 Å². The summed E-state index contributed by atoms with van der Waals surface area (Å²) in [6.45, 7) is 7.01. The highest BCUT2D eigenvalue weighted by atomic mass is 14.4. The third-order valence-corrected chi connectivity index (χ3v) is 8.60. The van der Waals surface area contributed by atoms with Crippen molar-refractivity contribution in [3.8, 4) is 0 Å². The van der Waals surface area contributed by atoms with Gasteiger partial charge >= 0.3 is 0 Å². The second-order valence-electron chi connectivity index (χ2n) is 12.6. The lowest BCUT2D eigenvalue weighted by Gasteiger charge is -2.05. The van der Waals surface area contributed by atoms with E-state index in [1.54, 1.807) is 19.3 Å². The number of hydrogen-bond acceptors (Lipinski definition) is 0. The number of rotatable bonds is 28. The molecule has 0 heterocycles. The van der Waals surface area contributed by atoms with Crippen LogP contribution in [-0.4, -0.2) is 0 Å². The molecule has 0 aromatic rings. The molecule has 1 fully saturated rings. The Balaban J connectivity index is 1.65. The second kappa shape index (κ2) is 24.7. The fraction of sp³-hybridized carbons (Fsp3) is 1.00. The van der Waals surface area contributed by atoms with Gasteiger partial charge in [0.05, 0.1) is 0 Å². The van der Waals surface area contributed by atoms with Crippen LogP contribution in [0.3, 0.4) is 0 Å². The highest BCUT2D eigenvalue weighted by Crippen LogP contribution is 2.45. The van der Waals surface area contributed by atoms with E-state index in [0.717, 1.165) is 17.8 Å². The summed E-state index contributed by atoms with van der Waals surface area (Å²) in [5.41, 5.74) is 0. The first kappa shape index (κ1) is 32.0. The van der Waals surface area contributed by atoms with Crippen molar-refractivity contribution in [3.05, 3.63) is 0 Å². The molecular weight excluding hydrogens is 408 g/mol. The minimum Gasteiger partial charge on any atom is -0.0654 e. The lowest BCUT2D eigenvalue weighted by atomic mass is 10.0. The van der Waals surface area contributed by atoms with E-state index in [1.165, 1.54) is 161 Å². The van der Waals surface area contributed by atoms with Crippen molar-refractivity contribution >= 4 is 0 Å². The molecule has 0 bridgehead atoms. The number of unbranched alkanes of at least 4 members (excludes halogenated alkanes) is 22. The number of hydrogen-bond donors (Lipinski definition) is 0. The molecule has 1 aliphatic carbocycles. The highest BCUT2D eigenvalue weighted by molar-refractivity contribution is 4.85. The smallest absolute Gasteiger partial charge is 0.0383 e. The average molecular weight is 477 g/mol. The van der Waals surface area contributed by atoms with Crippen LogP contribution in [-0.2, 0) is 0 Å². The van der Waals surface area contributed by atoms with E-state index in [4.69, 9.17) is 0 Å². The van der Waals surface area contributed by atoms with Crippen molar-refractivity contribution in [1.29, 1.82) is 0 Å². The molecule has 1 rings (SSSR count). The van der Waals surface area contributed by atoms with Crippen LogP contribution in [0.1, 0.15) is 201 Å². The summed E-state index contributed by atoms with van der Waals surface area (Å²) in [6, 6.07) is 0. The Bertz CT molecular complexity index is 383.